The number of nitrogens with zero attached hydrogens (tertiary/aromatic N) is 2. The first-order valence-electron chi connectivity index (χ1n) is 7.30. The summed E-state index contributed by atoms with van der Waals surface area (Å²) in [4.78, 5) is 16.9. The number of benzene rings is 2. The van der Waals surface area contributed by atoms with Crippen LogP contribution in [0.1, 0.15) is 10.4 Å². The molecular formula is C17H14ClN3O2. The van der Waals surface area contributed by atoms with E-state index in [0.717, 1.165) is 22.4 Å². The number of halogens is 1. The fourth-order valence-corrected chi connectivity index (χ4v) is 3.25. The van der Waals surface area contributed by atoms with E-state index in [1.165, 1.54) is 0 Å². The first kappa shape index (κ1) is 14.1. The number of ether oxygens (including phenoxy) is 1. The number of nitrogens with one attached hydrogen (secondary N) is 1. The molecule has 5 nitrogen and oxygen atoms in total. The number of imidazole rings is 1. The highest BCUT2D eigenvalue weighted by atomic mass is 35.5. The molecule has 0 spiro atoms. The molecule has 4 rings (SSSR count). The van der Waals surface area contributed by atoms with Crippen LogP contribution in [0.3, 0.4) is 0 Å². The van der Waals surface area contributed by atoms with E-state index in [2.05, 4.69) is 9.88 Å². The van der Waals surface area contributed by atoms with E-state index in [0.29, 0.717) is 29.4 Å². The standard InChI is InChI=1S/C17H14ClN3O2/c1-23-14-6-5-10(9-12(14)18)16-20-13-4-2-3-11-15(13)21(16)8-7-19-17(11)22/h2-6,9H,7-8H2,1H3,(H,19,22). The molecule has 2 heterocycles. The number of hydrogen-bond donors (Lipinski definition) is 1. The molecule has 0 saturated carbocycles. The second kappa shape index (κ2) is 5.28. The summed E-state index contributed by atoms with van der Waals surface area (Å²) in [6, 6.07) is 11.2. The summed E-state index contributed by atoms with van der Waals surface area (Å²) in [5, 5.41) is 3.45. The Labute approximate surface area is 137 Å². The Morgan fingerprint density at radius 2 is 2.17 bits per heavy atom. The lowest BCUT2D eigenvalue weighted by atomic mass is 10.1. The first-order valence-corrected chi connectivity index (χ1v) is 7.68. The van der Waals surface area contributed by atoms with Crippen LogP contribution >= 0.6 is 11.6 Å². The van der Waals surface area contributed by atoms with Gasteiger partial charge < -0.3 is 14.6 Å². The molecule has 1 aliphatic rings. The van der Waals surface area contributed by atoms with Gasteiger partial charge in [-0.2, -0.15) is 0 Å². The van der Waals surface area contributed by atoms with Crippen molar-refractivity contribution in [2.24, 2.45) is 0 Å². The molecule has 6 heteroatoms. The lowest BCUT2D eigenvalue weighted by molar-refractivity contribution is 0.0956. The number of rotatable bonds is 2. The number of para-hydroxylation sites is 1. The van der Waals surface area contributed by atoms with Crippen LogP contribution < -0.4 is 10.1 Å². The van der Waals surface area contributed by atoms with Gasteiger partial charge in [-0.25, -0.2) is 4.98 Å². The van der Waals surface area contributed by atoms with Gasteiger partial charge in [0.15, 0.2) is 0 Å². The van der Waals surface area contributed by atoms with Gasteiger partial charge in [-0.05, 0) is 30.3 Å². The van der Waals surface area contributed by atoms with Crippen molar-refractivity contribution >= 4 is 28.5 Å². The third-order valence-electron chi connectivity index (χ3n) is 4.04. The Kier molecular flexibility index (Phi) is 3.23. The van der Waals surface area contributed by atoms with Crippen molar-refractivity contribution in [1.82, 2.24) is 14.9 Å². The van der Waals surface area contributed by atoms with E-state index >= 15 is 0 Å². The van der Waals surface area contributed by atoms with Gasteiger partial charge in [0.1, 0.15) is 11.6 Å². The lowest BCUT2D eigenvalue weighted by Crippen LogP contribution is -2.24. The van der Waals surface area contributed by atoms with Gasteiger partial charge in [0.2, 0.25) is 0 Å². The molecule has 2 aromatic carbocycles. The first-order chi connectivity index (χ1) is 11.2. The van der Waals surface area contributed by atoms with E-state index in [-0.39, 0.29) is 5.91 Å². The van der Waals surface area contributed by atoms with Crippen molar-refractivity contribution in [3.8, 4) is 17.1 Å². The molecule has 0 atom stereocenters. The van der Waals surface area contributed by atoms with Crippen LogP contribution in [0.15, 0.2) is 36.4 Å². The molecule has 3 aromatic rings. The van der Waals surface area contributed by atoms with Crippen molar-refractivity contribution < 1.29 is 9.53 Å². The maximum atomic E-state index is 12.2. The summed E-state index contributed by atoms with van der Waals surface area (Å²) in [5.74, 6) is 1.36. The predicted molar refractivity (Wildman–Crippen MR) is 89.1 cm³/mol. The topological polar surface area (TPSA) is 56.1 Å². The number of hydrogen-bond acceptors (Lipinski definition) is 3. The van der Waals surface area contributed by atoms with Gasteiger partial charge >= 0.3 is 0 Å². The molecular weight excluding hydrogens is 314 g/mol. The molecule has 1 amide bonds. The third kappa shape index (κ3) is 2.16. The van der Waals surface area contributed by atoms with Crippen molar-refractivity contribution in [2.45, 2.75) is 6.54 Å². The van der Waals surface area contributed by atoms with Crippen LogP contribution in [0.25, 0.3) is 22.4 Å². The van der Waals surface area contributed by atoms with Gasteiger partial charge in [-0.3, -0.25) is 4.79 Å². The second-order valence-electron chi connectivity index (χ2n) is 5.37. The zero-order valence-corrected chi connectivity index (χ0v) is 13.2. The van der Waals surface area contributed by atoms with Crippen molar-refractivity contribution in [3.63, 3.8) is 0 Å². The molecule has 116 valence electrons. The van der Waals surface area contributed by atoms with Crippen LogP contribution in [0.2, 0.25) is 5.02 Å². The zero-order chi connectivity index (χ0) is 16.0. The Hall–Kier alpha value is -2.53. The molecule has 1 aliphatic heterocycles. The monoisotopic (exact) mass is 327 g/mol. The van der Waals surface area contributed by atoms with Gasteiger partial charge in [0.05, 0.1) is 28.7 Å². The van der Waals surface area contributed by atoms with E-state index < -0.39 is 0 Å². The summed E-state index contributed by atoms with van der Waals surface area (Å²) >= 11 is 6.25. The van der Waals surface area contributed by atoms with Gasteiger partial charge in [-0.1, -0.05) is 17.7 Å². The quantitative estimate of drug-likeness (QED) is 0.787. The highest BCUT2D eigenvalue weighted by Gasteiger charge is 2.21. The third-order valence-corrected chi connectivity index (χ3v) is 4.34. The summed E-state index contributed by atoms with van der Waals surface area (Å²) < 4.78 is 7.27. The predicted octanol–water partition coefficient (Wildman–Crippen LogP) is 3.11. The largest absolute Gasteiger partial charge is 0.495 e. The summed E-state index contributed by atoms with van der Waals surface area (Å²) in [7, 11) is 1.59. The Morgan fingerprint density at radius 1 is 1.30 bits per heavy atom. The fourth-order valence-electron chi connectivity index (χ4n) is 2.99. The maximum absolute atomic E-state index is 12.2. The molecule has 1 aromatic heterocycles. The molecule has 23 heavy (non-hydrogen) atoms. The minimum atomic E-state index is -0.0615. The van der Waals surface area contributed by atoms with Crippen LogP contribution in [-0.2, 0) is 6.54 Å². The van der Waals surface area contributed by atoms with Gasteiger partial charge in [0, 0.05) is 18.7 Å². The normalized spacial score (nSPS) is 13.7. The average molecular weight is 328 g/mol. The summed E-state index contributed by atoms with van der Waals surface area (Å²) in [6.07, 6.45) is 0. The van der Waals surface area contributed by atoms with Crippen LogP contribution in [-0.4, -0.2) is 29.1 Å². The van der Waals surface area contributed by atoms with Crippen molar-refractivity contribution in [1.29, 1.82) is 0 Å². The summed E-state index contributed by atoms with van der Waals surface area (Å²) in [5.41, 5.74) is 3.22. The smallest absolute Gasteiger partial charge is 0.253 e. The number of amides is 1. The number of carbonyl (C=O) groups is 1. The minimum Gasteiger partial charge on any atom is -0.495 e. The Bertz CT molecular complexity index is 933. The van der Waals surface area contributed by atoms with Crippen LogP contribution in [0, 0.1) is 0 Å². The molecule has 0 fully saturated rings. The number of carbonyl (C=O) groups excluding carboxylic acids is 1. The molecule has 1 N–H and O–H groups in total. The lowest BCUT2D eigenvalue weighted by Gasteiger charge is -2.09. The van der Waals surface area contributed by atoms with Crippen LogP contribution in [0.5, 0.6) is 5.75 Å². The zero-order valence-electron chi connectivity index (χ0n) is 12.5. The van der Waals surface area contributed by atoms with Gasteiger partial charge in [-0.15, -0.1) is 0 Å². The molecule has 0 bridgehead atoms. The van der Waals surface area contributed by atoms with Crippen molar-refractivity contribution in [3.05, 3.63) is 47.0 Å². The Balaban J connectivity index is 1.98. The van der Waals surface area contributed by atoms with Gasteiger partial charge in [0.25, 0.3) is 5.91 Å². The van der Waals surface area contributed by atoms with E-state index in [9.17, 15) is 4.79 Å². The highest BCUT2D eigenvalue weighted by molar-refractivity contribution is 6.32. The molecule has 0 aliphatic carbocycles. The molecule has 0 radical (unpaired) electrons. The van der Waals surface area contributed by atoms with Crippen molar-refractivity contribution in [2.75, 3.05) is 13.7 Å². The van der Waals surface area contributed by atoms with E-state index in [1.54, 1.807) is 7.11 Å². The number of aromatic nitrogens is 2. The molecule has 0 saturated heterocycles. The number of methoxy groups -OCH3 is 1. The second-order valence-corrected chi connectivity index (χ2v) is 5.77. The fraction of sp³-hybridized carbons (Fsp3) is 0.176. The van der Waals surface area contributed by atoms with Crippen LogP contribution in [0.4, 0.5) is 0 Å². The minimum absolute atomic E-state index is 0.0615. The van der Waals surface area contributed by atoms with E-state index in [1.807, 2.05) is 36.4 Å². The maximum Gasteiger partial charge on any atom is 0.253 e. The summed E-state index contributed by atoms with van der Waals surface area (Å²) in [6.45, 7) is 1.23. The average Bonchev–Trinajstić information content (AvgIpc) is 2.84. The Morgan fingerprint density at radius 3 is 2.96 bits per heavy atom. The van der Waals surface area contributed by atoms with E-state index in [4.69, 9.17) is 21.3 Å². The molecule has 0 unspecified atom stereocenters. The highest BCUT2D eigenvalue weighted by Crippen LogP contribution is 2.32. The SMILES string of the molecule is COc1ccc(-c2nc3cccc4c3n2CCNC4=O)cc1Cl.